The van der Waals surface area contributed by atoms with Crippen molar-refractivity contribution in [1.82, 2.24) is 0 Å². The molecule has 2 aromatic carbocycles. The smallest absolute Gasteiger partial charge is 0.163 e. The quantitative estimate of drug-likeness (QED) is 0.216. The molecule has 3 unspecified atom stereocenters. The number of aryl methyl sites for hydroxylation is 1. The van der Waals surface area contributed by atoms with Crippen LogP contribution in [0, 0.1) is 24.7 Å². The summed E-state index contributed by atoms with van der Waals surface area (Å²) in [7, 11) is 0. The third-order valence-electron chi connectivity index (χ3n) is 8.34. The van der Waals surface area contributed by atoms with E-state index in [0.717, 1.165) is 65.5 Å². The van der Waals surface area contributed by atoms with Gasteiger partial charge in [-0.15, -0.1) is 0 Å². The highest BCUT2D eigenvalue weighted by Gasteiger charge is 2.34. The van der Waals surface area contributed by atoms with E-state index >= 15 is 0 Å². The molecule has 3 rings (SSSR count). The summed E-state index contributed by atoms with van der Waals surface area (Å²) in [6.07, 6.45) is 7.66. The van der Waals surface area contributed by atoms with Gasteiger partial charge in [-0.25, -0.2) is 0 Å². The number of fused-ring (bicyclic) bond motifs is 1. The lowest BCUT2D eigenvalue weighted by molar-refractivity contribution is -0.130. The maximum atomic E-state index is 13.7. The van der Waals surface area contributed by atoms with Crippen molar-refractivity contribution in [2.75, 3.05) is 0 Å². The van der Waals surface area contributed by atoms with Gasteiger partial charge >= 0.3 is 0 Å². The monoisotopic (exact) mass is 560 g/mol. The lowest BCUT2D eigenvalue weighted by Crippen LogP contribution is -2.30. The Morgan fingerprint density at radius 2 is 1.63 bits per heavy atom. The van der Waals surface area contributed by atoms with Crippen LogP contribution in [0.5, 0.6) is 0 Å². The van der Waals surface area contributed by atoms with E-state index in [2.05, 4.69) is 39.0 Å². The summed E-state index contributed by atoms with van der Waals surface area (Å²) in [6, 6.07) is 12.4. The van der Waals surface area contributed by atoms with Gasteiger partial charge in [0.05, 0.1) is 6.42 Å². The molecule has 2 aromatic rings. The summed E-state index contributed by atoms with van der Waals surface area (Å²) in [6.45, 7) is 13.8. The largest absolute Gasteiger partial charge is 0.300 e. The van der Waals surface area contributed by atoms with Crippen LogP contribution in [0.25, 0.3) is 11.1 Å². The highest BCUT2D eigenvalue weighted by Crippen LogP contribution is 2.41. The molecule has 0 saturated heterocycles. The molecule has 4 nitrogen and oxygen atoms in total. The van der Waals surface area contributed by atoms with Crippen LogP contribution in [-0.2, 0) is 27.2 Å². The Morgan fingerprint density at radius 1 is 0.976 bits per heavy atom. The molecular weight excluding hydrogens is 508 g/mol. The van der Waals surface area contributed by atoms with Gasteiger partial charge in [0, 0.05) is 30.7 Å². The van der Waals surface area contributed by atoms with Gasteiger partial charge in [0.15, 0.2) is 5.78 Å². The standard InChI is InChI=1S/C34H44O4.C3H8/c1-6-12-27(29(8-3)32(37)17-22(4)35)18-24-19-31-30(25-13-10-9-11-14-25)21-26(15-16-28(36)7-2)23(5)34(31)33(38)20-24;1-3-2/h9-11,13-14,21,24,27,29H,6-8,12,15-20H2,1-5H3;3H2,1-2H3. The molecule has 1 aliphatic carbocycles. The third kappa shape index (κ3) is 9.58. The number of benzene rings is 2. The van der Waals surface area contributed by atoms with Crippen molar-refractivity contribution in [3.63, 3.8) is 0 Å². The first kappa shape index (κ1) is 34.3. The second kappa shape index (κ2) is 17.2. The Balaban J connectivity index is 0.00000187. The Morgan fingerprint density at radius 3 is 2.20 bits per heavy atom. The van der Waals surface area contributed by atoms with Crippen molar-refractivity contribution in [3.8, 4) is 11.1 Å². The Bertz CT molecular complexity index is 1180. The van der Waals surface area contributed by atoms with Crippen LogP contribution in [0.2, 0.25) is 0 Å². The van der Waals surface area contributed by atoms with Crippen LogP contribution in [0.1, 0.15) is 126 Å². The zero-order valence-corrected chi connectivity index (χ0v) is 26.6. The molecule has 0 amide bonds. The van der Waals surface area contributed by atoms with E-state index in [9.17, 15) is 19.2 Å². The summed E-state index contributed by atoms with van der Waals surface area (Å²) < 4.78 is 0. The van der Waals surface area contributed by atoms with Crippen LogP contribution in [0.3, 0.4) is 0 Å². The fourth-order valence-corrected chi connectivity index (χ4v) is 6.44. The number of carbonyl (C=O) groups excluding carboxylic acids is 4. The van der Waals surface area contributed by atoms with Crippen molar-refractivity contribution in [2.24, 2.45) is 17.8 Å². The van der Waals surface area contributed by atoms with Crippen LogP contribution in [0.15, 0.2) is 36.4 Å². The Kier molecular flexibility index (Phi) is 14.4. The molecular formula is C37H52O4. The second-order valence-corrected chi connectivity index (χ2v) is 11.9. The molecule has 3 atom stereocenters. The molecule has 0 saturated carbocycles. The fraction of sp³-hybridized carbons (Fsp3) is 0.568. The molecule has 224 valence electrons. The summed E-state index contributed by atoms with van der Waals surface area (Å²) in [5.74, 6) is 0.591. The minimum atomic E-state index is -0.135. The first-order valence-electron chi connectivity index (χ1n) is 15.9. The SMILES string of the molecule is CCC.CCCC(CC1CC(=O)c2c(C)c(CCC(=O)CC)cc(-c3ccccc3)c2C1)C(CC)C(=O)CC(C)=O. The van der Waals surface area contributed by atoms with Gasteiger partial charge < -0.3 is 0 Å². The molecule has 0 fully saturated rings. The lowest BCUT2D eigenvalue weighted by Gasteiger charge is -2.33. The highest BCUT2D eigenvalue weighted by molar-refractivity contribution is 6.02. The van der Waals surface area contributed by atoms with E-state index in [1.54, 1.807) is 0 Å². The number of rotatable bonds is 14. The number of hydrogen-bond donors (Lipinski definition) is 0. The van der Waals surface area contributed by atoms with Crippen LogP contribution in [0.4, 0.5) is 0 Å². The van der Waals surface area contributed by atoms with Crippen molar-refractivity contribution in [2.45, 2.75) is 119 Å². The molecule has 0 N–H and O–H groups in total. The normalized spacial score (nSPS) is 15.8. The van der Waals surface area contributed by atoms with E-state index in [-0.39, 0.29) is 47.3 Å². The minimum Gasteiger partial charge on any atom is -0.300 e. The molecule has 0 aromatic heterocycles. The Hall–Kier alpha value is -2.88. The van der Waals surface area contributed by atoms with Gasteiger partial charge in [0.1, 0.15) is 17.3 Å². The van der Waals surface area contributed by atoms with Gasteiger partial charge in [-0.2, -0.15) is 0 Å². The van der Waals surface area contributed by atoms with E-state index in [0.29, 0.717) is 25.7 Å². The zero-order chi connectivity index (χ0) is 30.5. The lowest BCUT2D eigenvalue weighted by atomic mass is 9.70. The molecule has 0 bridgehead atoms. The van der Waals surface area contributed by atoms with E-state index < -0.39 is 0 Å². The van der Waals surface area contributed by atoms with Gasteiger partial charge in [0.25, 0.3) is 0 Å². The molecule has 0 radical (unpaired) electrons. The maximum absolute atomic E-state index is 13.7. The molecule has 41 heavy (non-hydrogen) atoms. The predicted molar refractivity (Wildman–Crippen MR) is 169 cm³/mol. The van der Waals surface area contributed by atoms with Crippen LogP contribution < -0.4 is 0 Å². The average Bonchev–Trinajstić information content (AvgIpc) is 2.93. The maximum Gasteiger partial charge on any atom is 0.163 e. The highest BCUT2D eigenvalue weighted by atomic mass is 16.1. The Labute approximate surface area is 248 Å². The first-order valence-corrected chi connectivity index (χ1v) is 15.9. The second-order valence-electron chi connectivity index (χ2n) is 11.9. The number of hydrogen-bond acceptors (Lipinski definition) is 4. The summed E-state index contributed by atoms with van der Waals surface area (Å²) in [5, 5.41) is 0. The van der Waals surface area contributed by atoms with E-state index in [4.69, 9.17) is 0 Å². The van der Waals surface area contributed by atoms with Crippen molar-refractivity contribution >= 4 is 23.1 Å². The predicted octanol–water partition coefficient (Wildman–Crippen LogP) is 9.12. The minimum absolute atomic E-state index is 0.00577. The third-order valence-corrected chi connectivity index (χ3v) is 8.34. The fourth-order valence-electron chi connectivity index (χ4n) is 6.44. The van der Waals surface area contributed by atoms with Crippen molar-refractivity contribution in [3.05, 3.63) is 58.7 Å². The van der Waals surface area contributed by atoms with E-state index in [1.807, 2.05) is 39.0 Å². The summed E-state index contributed by atoms with van der Waals surface area (Å²) in [4.78, 5) is 50.4. The van der Waals surface area contributed by atoms with Gasteiger partial charge in [-0.1, -0.05) is 90.3 Å². The van der Waals surface area contributed by atoms with Crippen LogP contribution in [-0.4, -0.2) is 23.1 Å². The van der Waals surface area contributed by atoms with Crippen LogP contribution >= 0.6 is 0 Å². The summed E-state index contributed by atoms with van der Waals surface area (Å²) >= 11 is 0. The molecule has 0 spiro atoms. The van der Waals surface area contributed by atoms with Gasteiger partial charge in [-0.05, 0) is 79.2 Å². The number of Topliss-reactive ketones (excluding diaryl/α,β-unsaturated/α-hetero) is 4. The molecule has 0 aliphatic heterocycles. The van der Waals surface area contributed by atoms with E-state index in [1.165, 1.54) is 13.3 Å². The van der Waals surface area contributed by atoms with Crippen molar-refractivity contribution < 1.29 is 19.2 Å². The molecule has 1 aliphatic rings. The van der Waals surface area contributed by atoms with Gasteiger partial charge in [-0.3, -0.25) is 19.2 Å². The number of carbonyl (C=O) groups is 4. The van der Waals surface area contributed by atoms with Crippen molar-refractivity contribution in [1.29, 1.82) is 0 Å². The topological polar surface area (TPSA) is 68.3 Å². The molecule has 4 heteroatoms. The molecule has 0 heterocycles. The number of ketones is 4. The zero-order valence-electron chi connectivity index (χ0n) is 26.6. The van der Waals surface area contributed by atoms with Gasteiger partial charge in [0.2, 0.25) is 0 Å². The average molecular weight is 561 g/mol. The first-order chi connectivity index (χ1) is 19.6. The summed E-state index contributed by atoms with van der Waals surface area (Å²) in [5.41, 5.74) is 6.23.